The van der Waals surface area contributed by atoms with Crippen LogP contribution >= 0.6 is 11.3 Å². The molecule has 0 spiro atoms. The summed E-state index contributed by atoms with van der Waals surface area (Å²) < 4.78 is 10.6. The molecular formula is C16H15N3O2S. The quantitative estimate of drug-likeness (QED) is 0.601. The van der Waals surface area contributed by atoms with Gasteiger partial charge in [0, 0.05) is 34.2 Å². The van der Waals surface area contributed by atoms with Crippen molar-refractivity contribution in [2.45, 2.75) is 6.42 Å². The van der Waals surface area contributed by atoms with Crippen LogP contribution in [0.1, 0.15) is 10.4 Å². The fraction of sp³-hybridized carbons (Fsp3) is 0.188. The number of aromatic amines is 1. The Labute approximate surface area is 131 Å². The number of rotatable bonds is 4. The summed E-state index contributed by atoms with van der Waals surface area (Å²) in [5.41, 5.74) is 4.53. The standard InChI is InChI=1S/C16H15N3O2S/c1-20-12-4-3-9(7-13(12)21-2)17-16-11-8-14-10(5-6-22-14)15(11)18-19-16/h3-7H,8H2,1-2H3,(H2,17,18,19). The summed E-state index contributed by atoms with van der Waals surface area (Å²) in [4.78, 5) is 1.39. The molecule has 22 heavy (non-hydrogen) atoms. The molecule has 2 heterocycles. The number of aromatic nitrogens is 2. The van der Waals surface area contributed by atoms with E-state index in [0.717, 1.165) is 23.6 Å². The molecule has 0 saturated carbocycles. The van der Waals surface area contributed by atoms with Crippen LogP contribution in [0, 0.1) is 0 Å². The van der Waals surface area contributed by atoms with Gasteiger partial charge in [-0.15, -0.1) is 11.3 Å². The molecule has 3 aromatic rings. The molecule has 0 unspecified atom stereocenters. The number of ether oxygens (including phenoxy) is 2. The van der Waals surface area contributed by atoms with Crippen molar-refractivity contribution < 1.29 is 9.47 Å². The Kier molecular flexibility index (Phi) is 3.04. The highest BCUT2D eigenvalue weighted by Crippen LogP contribution is 2.42. The third-order valence-electron chi connectivity index (χ3n) is 3.87. The van der Waals surface area contributed by atoms with Gasteiger partial charge in [0.25, 0.3) is 0 Å². The average Bonchev–Trinajstić information content (AvgIpc) is 3.21. The molecule has 6 heteroatoms. The van der Waals surface area contributed by atoms with Crippen molar-refractivity contribution in [3.05, 3.63) is 40.1 Å². The van der Waals surface area contributed by atoms with Gasteiger partial charge >= 0.3 is 0 Å². The van der Waals surface area contributed by atoms with Crippen LogP contribution in [-0.2, 0) is 6.42 Å². The summed E-state index contributed by atoms with van der Waals surface area (Å²) in [6.45, 7) is 0. The van der Waals surface area contributed by atoms with Gasteiger partial charge < -0.3 is 14.8 Å². The molecule has 0 aliphatic heterocycles. The lowest BCUT2D eigenvalue weighted by molar-refractivity contribution is 0.355. The Morgan fingerprint density at radius 3 is 2.86 bits per heavy atom. The van der Waals surface area contributed by atoms with Crippen LogP contribution in [0.15, 0.2) is 29.6 Å². The average molecular weight is 313 g/mol. The van der Waals surface area contributed by atoms with Crippen molar-refractivity contribution in [3.63, 3.8) is 0 Å². The number of fused-ring (bicyclic) bond motifs is 3. The summed E-state index contributed by atoms with van der Waals surface area (Å²) in [5.74, 6) is 2.27. The normalized spacial score (nSPS) is 11.9. The van der Waals surface area contributed by atoms with Crippen LogP contribution in [0.4, 0.5) is 11.5 Å². The third kappa shape index (κ3) is 1.95. The zero-order valence-electron chi connectivity index (χ0n) is 12.3. The van der Waals surface area contributed by atoms with Crippen LogP contribution in [-0.4, -0.2) is 24.4 Å². The van der Waals surface area contributed by atoms with E-state index < -0.39 is 0 Å². The maximum atomic E-state index is 5.34. The first-order valence-electron chi connectivity index (χ1n) is 6.93. The number of H-pyrrole nitrogens is 1. The first-order chi connectivity index (χ1) is 10.8. The first kappa shape index (κ1) is 13.2. The van der Waals surface area contributed by atoms with Crippen molar-refractivity contribution in [2.24, 2.45) is 0 Å². The molecule has 0 amide bonds. The van der Waals surface area contributed by atoms with Crippen LogP contribution in [0.25, 0.3) is 11.3 Å². The van der Waals surface area contributed by atoms with Crippen LogP contribution < -0.4 is 14.8 Å². The minimum absolute atomic E-state index is 0.693. The minimum Gasteiger partial charge on any atom is -0.493 e. The maximum Gasteiger partial charge on any atom is 0.162 e. The maximum absolute atomic E-state index is 5.34. The number of methoxy groups -OCH3 is 2. The number of anilines is 2. The van der Waals surface area contributed by atoms with E-state index in [2.05, 4.69) is 27.0 Å². The van der Waals surface area contributed by atoms with Crippen LogP contribution in [0.5, 0.6) is 11.5 Å². The first-order valence-corrected chi connectivity index (χ1v) is 7.81. The molecule has 0 bridgehead atoms. The fourth-order valence-electron chi connectivity index (χ4n) is 2.77. The van der Waals surface area contributed by atoms with E-state index >= 15 is 0 Å². The molecule has 1 aliphatic carbocycles. The second-order valence-corrected chi connectivity index (χ2v) is 6.06. The van der Waals surface area contributed by atoms with E-state index in [1.54, 1.807) is 25.6 Å². The highest BCUT2D eigenvalue weighted by Gasteiger charge is 2.25. The molecule has 5 nitrogen and oxygen atoms in total. The van der Waals surface area contributed by atoms with E-state index in [9.17, 15) is 0 Å². The Morgan fingerprint density at radius 1 is 1.18 bits per heavy atom. The molecule has 4 rings (SSSR count). The highest BCUT2D eigenvalue weighted by molar-refractivity contribution is 7.10. The van der Waals surface area contributed by atoms with E-state index in [0.29, 0.717) is 11.5 Å². The Morgan fingerprint density at radius 2 is 2.05 bits per heavy atom. The summed E-state index contributed by atoms with van der Waals surface area (Å²) in [6.07, 6.45) is 0.925. The van der Waals surface area contributed by atoms with Crippen molar-refractivity contribution >= 4 is 22.8 Å². The second kappa shape index (κ2) is 5.06. The van der Waals surface area contributed by atoms with Gasteiger partial charge in [-0.1, -0.05) is 0 Å². The monoisotopic (exact) mass is 313 g/mol. The Balaban J connectivity index is 1.65. The van der Waals surface area contributed by atoms with E-state index in [4.69, 9.17) is 9.47 Å². The number of hydrogen-bond acceptors (Lipinski definition) is 5. The third-order valence-corrected chi connectivity index (χ3v) is 4.79. The second-order valence-electron chi connectivity index (χ2n) is 5.05. The summed E-state index contributed by atoms with van der Waals surface area (Å²) >= 11 is 1.79. The lowest BCUT2D eigenvalue weighted by atomic mass is 10.2. The molecule has 1 aromatic carbocycles. The Bertz CT molecular complexity index is 838. The highest BCUT2D eigenvalue weighted by atomic mass is 32.1. The SMILES string of the molecule is COc1ccc(Nc2n[nH]c3c2Cc2sccc2-3)cc1OC. The largest absolute Gasteiger partial charge is 0.493 e. The van der Waals surface area contributed by atoms with Gasteiger partial charge in [-0.3, -0.25) is 5.10 Å². The zero-order valence-corrected chi connectivity index (χ0v) is 13.1. The summed E-state index contributed by atoms with van der Waals surface area (Å²) in [5, 5.41) is 13.0. The van der Waals surface area contributed by atoms with Gasteiger partial charge in [-0.25, -0.2) is 0 Å². The van der Waals surface area contributed by atoms with Crippen LogP contribution in [0.3, 0.4) is 0 Å². The van der Waals surface area contributed by atoms with Crippen molar-refractivity contribution in [1.82, 2.24) is 10.2 Å². The number of thiophene rings is 1. The molecule has 1 aliphatic rings. The molecule has 0 radical (unpaired) electrons. The Hall–Kier alpha value is -2.47. The van der Waals surface area contributed by atoms with Gasteiger partial charge in [-0.05, 0) is 23.6 Å². The predicted molar refractivity (Wildman–Crippen MR) is 87.5 cm³/mol. The van der Waals surface area contributed by atoms with Crippen LogP contribution in [0.2, 0.25) is 0 Å². The molecule has 0 fully saturated rings. The van der Waals surface area contributed by atoms with Gasteiger partial charge in [0.15, 0.2) is 17.3 Å². The van der Waals surface area contributed by atoms with E-state index in [-0.39, 0.29) is 0 Å². The van der Waals surface area contributed by atoms with Gasteiger partial charge in [0.05, 0.1) is 19.9 Å². The lowest BCUT2D eigenvalue weighted by Gasteiger charge is -2.10. The minimum atomic E-state index is 0.693. The topological polar surface area (TPSA) is 59.2 Å². The number of nitrogens with one attached hydrogen (secondary N) is 2. The van der Waals surface area contributed by atoms with E-state index in [1.165, 1.54) is 16.0 Å². The molecular weight excluding hydrogens is 298 g/mol. The van der Waals surface area contributed by atoms with Gasteiger partial charge in [0.1, 0.15) is 0 Å². The predicted octanol–water partition coefficient (Wildman–Crippen LogP) is 3.80. The molecule has 2 N–H and O–H groups in total. The molecule has 2 aromatic heterocycles. The van der Waals surface area contributed by atoms with Crippen molar-refractivity contribution in [1.29, 1.82) is 0 Å². The zero-order chi connectivity index (χ0) is 15.1. The van der Waals surface area contributed by atoms with Crippen molar-refractivity contribution in [3.8, 4) is 22.8 Å². The van der Waals surface area contributed by atoms with E-state index in [1.807, 2.05) is 18.2 Å². The fourth-order valence-corrected chi connectivity index (χ4v) is 3.67. The molecule has 112 valence electrons. The number of nitrogens with zero attached hydrogens (tertiary/aromatic N) is 1. The van der Waals surface area contributed by atoms with Gasteiger partial charge in [-0.2, -0.15) is 5.10 Å². The smallest absolute Gasteiger partial charge is 0.162 e. The number of hydrogen-bond donors (Lipinski definition) is 2. The molecule has 0 saturated heterocycles. The summed E-state index contributed by atoms with van der Waals surface area (Å²) in [6, 6.07) is 7.88. The lowest BCUT2D eigenvalue weighted by Crippen LogP contribution is -1.96. The summed E-state index contributed by atoms with van der Waals surface area (Å²) in [7, 11) is 3.26. The van der Waals surface area contributed by atoms with Crippen molar-refractivity contribution in [2.75, 3.05) is 19.5 Å². The molecule has 0 atom stereocenters. The number of benzene rings is 1. The van der Waals surface area contributed by atoms with Gasteiger partial charge in [0.2, 0.25) is 0 Å².